The van der Waals surface area contributed by atoms with Gasteiger partial charge in [-0.25, -0.2) is 0 Å². The first-order valence-electron chi connectivity index (χ1n) is 6.15. The summed E-state index contributed by atoms with van der Waals surface area (Å²) in [6.45, 7) is 4.80. The summed E-state index contributed by atoms with van der Waals surface area (Å²) >= 11 is 0. The van der Waals surface area contributed by atoms with Crippen molar-refractivity contribution in [1.29, 1.82) is 0 Å². The third-order valence-corrected chi connectivity index (χ3v) is 2.79. The molecular formula is C15H18N2O. The average Bonchev–Trinajstić information content (AvgIpc) is 2.40. The summed E-state index contributed by atoms with van der Waals surface area (Å²) in [5.74, 6) is 0.809. The summed E-state index contributed by atoms with van der Waals surface area (Å²) in [6.07, 6.45) is 4.57. The Kier molecular flexibility index (Phi) is 3.82. The molecular weight excluding hydrogens is 224 g/mol. The third kappa shape index (κ3) is 2.80. The lowest BCUT2D eigenvalue weighted by atomic mass is 10.0. The Labute approximate surface area is 108 Å². The quantitative estimate of drug-likeness (QED) is 0.835. The van der Waals surface area contributed by atoms with Crippen LogP contribution in [-0.2, 0) is 0 Å². The monoisotopic (exact) mass is 242 g/mol. The van der Waals surface area contributed by atoms with Crippen LogP contribution in [0.4, 0.5) is 5.69 Å². The molecule has 1 aromatic heterocycles. The molecule has 2 N–H and O–H groups in total. The van der Waals surface area contributed by atoms with Crippen molar-refractivity contribution >= 4 is 5.69 Å². The maximum Gasteiger partial charge on any atom is 0.138 e. The SMILES string of the molecule is CCCOc1cncc(-c2ccc(N)c(C)c2)c1. The predicted molar refractivity (Wildman–Crippen MR) is 74.6 cm³/mol. The minimum Gasteiger partial charge on any atom is -0.492 e. The number of aromatic nitrogens is 1. The molecule has 3 nitrogen and oxygen atoms in total. The van der Waals surface area contributed by atoms with Crippen molar-refractivity contribution in [3.8, 4) is 16.9 Å². The van der Waals surface area contributed by atoms with Crippen LogP contribution in [0.5, 0.6) is 5.75 Å². The fraction of sp³-hybridized carbons (Fsp3) is 0.267. The molecule has 2 aromatic rings. The number of rotatable bonds is 4. The first kappa shape index (κ1) is 12.4. The Morgan fingerprint density at radius 1 is 1.17 bits per heavy atom. The lowest BCUT2D eigenvalue weighted by Gasteiger charge is -2.08. The number of ether oxygens (including phenoxy) is 1. The van der Waals surface area contributed by atoms with Crippen molar-refractivity contribution in [1.82, 2.24) is 4.98 Å². The number of nitrogens with zero attached hydrogens (tertiary/aromatic N) is 1. The van der Waals surface area contributed by atoms with Gasteiger partial charge in [0.15, 0.2) is 0 Å². The van der Waals surface area contributed by atoms with Gasteiger partial charge in [-0.05, 0) is 42.7 Å². The summed E-state index contributed by atoms with van der Waals surface area (Å²) < 4.78 is 5.58. The topological polar surface area (TPSA) is 48.1 Å². The minimum absolute atomic E-state index is 0.714. The van der Waals surface area contributed by atoms with Gasteiger partial charge in [-0.1, -0.05) is 13.0 Å². The fourth-order valence-electron chi connectivity index (χ4n) is 1.73. The van der Waals surface area contributed by atoms with Gasteiger partial charge in [-0.2, -0.15) is 0 Å². The molecule has 0 atom stereocenters. The number of nitrogens with two attached hydrogens (primary N) is 1. The maximum atomic E-state index is 5.82. The van der Waals surface area contributed by atoms with Crippen LogP contribution in [0.2, 0.25) is 0 Å². The van der Waals surface area contributed by atoms with E-state index >= 15 is 0 Å². The van der Waals surface area contributed by atoms with E-state index in [2.05, 4.69) is 18.0 Å². The van der Waals surface area contributed by atoms with Gasteiger partial charge >= 0.3 is 0 Å². The molecule has 3 heteroatoms. The van der Waals surface area contributed by atoms with Gasteiger partial charge in [-0.15, -0.1) is 0 Å². The van der Waals surface area contributed by atoms with E-state index in [-0.39, 0.29) is 0 Å². The molecule has 2 rings (SSSR count). The molecule has 0 unspecified atom stereocenters. The zero-order chi connectivity index (χ0) is 13.0. The van der Waals surface area contributed by atoms with Crippen LogP contribution in [0, 0.1) is 6.92 Å². The number of anilines is 1. The smallest absolute Gasteiger partial charge is 0.138 e. The molecule has 0 amide bonds. The molecule has 0 aliphatic heterocycles. The number of hydrogen-bond acceptors (Lipinski definition) is 3. The van der Waals surface area contributed by atoms with E-state index in [4.69, 9.17) is 10.5 Å². The summed E-state index contributed by atoms with van der Waals surface area (Å²) in [4.78, 5) is 4.21. The highest BCUT2D eigenvalue weighted by Crippen LogP contribution is 2.25. The van der Waals surface area contributed by atoms with E-state index in [1.54, 1.807) is 6.20 Å². The largest absolute Gasteiger partial charge is 0.492 e. The highest BCUT2D eigenvalue weighted by atomic mass is 16.5. The lowest BCUT2D eigenvalue weighted by Crippen LogP contribution is -1.96. The summed E-state index contributed by atoms with van der Waals surface area (Å²) in [5, 5.41) is 0. The van der Waals surface area contributed by atoms with Crippen LogP contribution in [0.15, 0.2) is 36.7 Å². The van der Waals surface area contributed by atoms with Crippen LogP contribution >= 0.6 is 0 Å². The number of pyridine rings is 1. The highest BCUT2D eigenvalue weighted by Gasteiger charge is 2.02. The molecule has 0 spiro atoms. The summed E-state index contributed by atoms with van der Waals surface area (Å²) in [7, 11) is 0. The molecule has 0 radical (unpaired) electrons. The van der Waals surface area contributed by atoms with E-state index in [1.807, 2.05) is 31.3 Å². The lowest BCUT2D eigenvalue weighted by molar-refractivity contribution is 0.316. The number of aryl methyl sites for hydroxylation is 1. The second kappa shape index (κ2) is 5.54. The molecule has 94 valence electrons. The Balaban J connectivity index is 2.29. The first-order chi connectivity index (χ1) is 8.70. The van der Waals surface area contributed by atoms with Gasteiger partial charge in [0.2, 0.25) is 0 Å². The number of hydrogen-bond donors (Lipinski definition) is 1. The summed E-state index contributed by atoms with van der Waals surface area (Å²) in [5.41, 5.74) is 9.86. The van der Waals surface area contributed by atoms with Crippen LogP contribution in [0.3, 0.4) is 0 Å². The second-order valence-electron chi connectivity index (χ2n) is 4.33. The highest BCUT2D eigenvalue weighted by molar-refractivity contribution is 5.67. The molecule has 0 saturated heterocycles. The van der Waals surface area contributed by atoms with Gasteiger partial charge < -0.3 is 10.5 Å². The zero-order valence-electron chi connectivity index (χ0n) is 10.8. The van der Waals surface area contributed by atoms with Gasteiger partial charge in [0.1, 0.15) is 5.75 Å². The maximum absolute atomic E-state index is 5.82. The van der Waals surface area contributed by atoms with Crippen molar-refractivity contribution in [2.75, 3.05) is 12.3 Å². The molecule has 0 saturated carbocycles. The van der Waals surface area contributed by atoms with Gasteiger partial charge in [0.25, 0.3) is 0 Å². The van der Waals surface area contributed by atoms with Crippen LogP contribution in [0.25, 0.3) is 11.1 Å². The Bertz CT molecular complexity index is 538. The van der Waals surface area contributed by atoms with Crippen molar-refractivity contribution in [2.45, 2.75) is 20.3 Å². The molecule has 1 heterocycles. The van der Waals surface area contributed by atoms with Crippen LogP contribution in [0.1, 0.15) is 18.9 Å². The van der Waals surface area contributed by atoms with Crippen LogP contribution in [-0.4, -0.2) is 11.6 Å². The Hall–Kier alpha value is -2.03. The number of benzene rings is 1. The fourth-order valence-corrected chi connectivity index (χ4v) is 1.73. The zero-order valence-corrected chi connectivity index (χ0v) is 10.8. The normalized spacial score (nSPS) is 10.3. The Morgan fingerprint density at radius 2 is 2.00 bits per heavy atom. The van der Waals surface area contributed by atoms with E-state index in [9.17, 15) is 0 Å². The molecule has 1 aromatic carbocycles. The first-order valence-corrected chi connectivity index (χ1v) is 6.15. The second-order valence-corrected chi connectivity index (χ2v) is 4.33. The molecule has 0 aliphatic rings. The third-order valence-electron chi connectivity index (χ3n) is 2.79. The van der Waals surface area contributed by atoms with E-state index in [1.165, 1.54) is 0 Å². The van der Waals surface area contributed by atoms with Gasteiger partial charge in [0, 0.05) is 17.4 Å². The molecule has 0 aliphatic carbocycles. The standard InChI is InChI=1S/C15H18N2O/c1-3-6-18-14-8-13(9-17-10-14)12-4-5-15(16)11(2)7-12/h4-5,7-10H,3,6,16H2,1-2H3. The summed E-state index contributed by atoms with van der Waals surface area (Å²) in [6, 6.07) is 8.00. The van der Waals surface area contributed by atoms with E-state index in [0.29, 0.717) is 6.61 Å². The number of nitrogen functional groups attached to an aromatic ring is 1. The van der Waals surface area contributed by atoms with Crippen LogP contribution < -0.4 is 10.5 Å². The van der Waals surface area contributed by atoms with E-state index < -0.39 is 0 Å². The molecule has 18 heavy (non-hydrogen) atoms. The van der Waals surface area contributed by atoms with Crippen molar-refractivity contribution in [3.05, 3.63) is 42.2 Å². The van der Waals surface area contributed by atoms with Crippen molar-refractivity contribution in [2.24, 2.45) is 0 Å². The molecule has 0 fully saturated rings. The molecule has 0 bridgehead atoms. The van der Waals surface area contributed by atoms with E-state index in [0.717, 1.165) is 34.5 Å². The predicted octanol–water partition coefficient (Wildman–Crippen LogP) is 3.43. The average molecular weight is 242 g/mol. The minimum atomic E-state index is 0.714. The van der Waals surface area contributed by atoms with Crippen molar-refractivity contribution < 1.29 is 4.74 Å². The van der Waals surface area contributed by atoms with Crippen molar-refractivity contribution in [3.63, 3.8) is 0 Å². The van der Waals surface area contributed by atoms with Gasteiger partial charge in [0.05, 0.1) is 12.8 Å². The van der Waals surface area contributed by atoms with Gasteiger partial charge in [-0.3, -0.25) is 4.98 Å². The Morgan fingerprint density at radius 3 is 2.72 bits per heavy atom.